The normalized spacial score (nSPS) is 11.0. The number of aryl methyl sites for hydroxylation is 2. The number of nitrogens with one attached hydrogen (secondary N) is 1. The standard InChI is InChI=1S/C21H22FN3O2S2/c1-4-11-25-20(27)18-13(2)14(3)29-19(18)24-21(25)28-12-17(26)23-10-9-15-5-7-16(22)8-6-15/h4-8H,1,9-12H2,2-3H3,(H,23,26). The van der Waals surface area contributed by atoms with E-state index < -0.39 is 0 Å². The summed E-state index contributed by atoms with van der Waals surface area (Å²) in [5, 5.41) is 4.00. The summed E-state index contributed by atoms with van der Waals surface area (Å²) in [6, 6.07) is 6.21. The van der Waals surface area contributed by atoms with Crippen LogP contribution in [0.3, 0.4) is 0 Å². The highest BCUT2D eigenvalue weighted by Gasteiger charge is 2.17. The van der Waals surface area contributed by atoms with Crippen LogP contribution in [0.2, 0.25) is 0 Å². The van der Waals surface area contributed by atoms with Gasteiger partial charge in [0.1, 0.15) is 10.6 Å². The van der Waals surface area contributed by atoms with Crippen molar-refractivity contribution in [3.8, 4) is 0 Å². The fourth-order valence-electron chi connectivity index (χ4n) is 2.89. The van der Waals surface area contributed by atoms with E-state index in [1.807, 2.05) is 13.8 Å². The van der Waals surface area contributed by atoms with Gasteiger partial charge in [-0.15, -0.1) is 17.9 Å². The van der Waals surface area contributed by atoms with Crippen LogP contribution in [0.1, 0.15) is 16.0 Å². The van der Waals surface area contributed by atoms with Crippen LogP contribution >= 0.6 is 23.1 Å². The highest BCUT2D eigenvalue weighted by molar-refractivity contribution is 7.99. The van der Waals surface area contributed by atoms with E-state index in [1.165, 1.54) is 35.2 Å². The molecule has 3 aromatic rings. The summed E-state index contributed by atoms with van der Waals surface area (Å²) < 4.78 is 14.5. The van der Waals surface area contributed by atoms with Crippen molar-refractivity contribution in [2.45, 2.75) is 32.0 Å². The zero-order valence-electron chi connectivity index (χ0n) is 16.3. The van der Waals surface area contributed by atoms with Gasteiger partial charge in [0.25, 0.3) is 5.56 Å². The molecule has 0 unspecified atom stereocenters. The number of hydrogen-bond donors (Lipinski definition) is 1. The lowest BCUT2D eigenvalue weighted by atomic mass is 10.1. The predicted octanol–water partition coefficient (Wildman–Crippen LogP) is 3.85. The molecule has 0 spiro atoms. The van der Waals surface area contributed by atoms with E-state index in [1.54, 1.807) is 22.8 Å². The minimum Gasteiger partial charge on any atom is -0.355 e. The summed E-state index contributed by atoms with van der Waals surface area (Å²) in [6.07, 6.45) is 2.27. The summed E-state index contributed by atoms with van der Waals surface area (Å²) in [6.45, 7) is 8.42. The van der Waals surface area contributed by atoms with Crippen molar-refractivity contribution in [3.05, 3.63) is 69.1 Å². The Balaban J connectivity index is 1.66. The monoisotopic (exact) mass is 431 g/mol. The number of thiophene rings is 1. The molecule has 0 saturated heterocycles. The largest absolute Gasteiger partial charge is 0.355 e. The van der Waals surface area contributed by atoms with Crippen LogP contribution in [0, 0.1) is 19.7 Å². The average Bonchev–Trinajstić information content (AvgIpc) is 2.98. The Morgan fingerprint density at radius 2 is 2.07 bits per heavy atom. The van der Waals surface area contributed by atoms with Gasteiger partial charge in [-0.2, -0.15) is 0 Å². The van der Waals surface area contributed by atoms with Gasteiger partial charge in [-0.1, -0.05) is 30.0 Å². The average molecular weight is 432 g/mol. The number of carbonyl (C=O) groups is 1. The molecule has 0 atom stereocenters. The van der Waals surface area contributed by atoms with E-state index >= 15 is 0 Å². The summed E-state index contributed by atoms with van der Waals surface area (Å²) in [7, 11) is 0. The van der Waals surface area contributed by atoms with Crippen molar-refractivity contribution >= 4 is 39.2 Å². The molecule has 1 N–H and O–H groups in total. The Hall–Kier alpha value is -2.45. The molecule has 0 radical (unpaired) electrons. The Kier molecular flexibility index (Phi) is 6.87. The highest BCUT2D eigenvalue weighted by atomic mass is 32.2. The Bertz CT molecular complexity index is 1100. The quantitative estimate of drug-likeness (QED) is 0.334. The molecule has 0 bridgehead atoms. The predicted molar refractivity (Wildman–Crippen MR) is 117 cm³/mol. The molecule has 152 valence electrons. The van der Waals surface area contributed by atoms with Gasteiger partial charge < -0.3 is 5.32 Å². The van der Waals surface area contributed by atoms with Crippen molar-refractivity contribution < 1.29 is 9.18 Å². The summed E-state index contributed by atoms with van der Waals surface area (Å²) in [5.74, 6) is -0.266. The molecule has 0 fully saturated rings. The van der Waals surface area contributed by atoms with Crippen molar-refractivity contribution in [1.29, 1.82) is 0 Å². The van der Waals surface area contributed by atoms with Gasteiger partial charge >= 0.3 is 0 Å². The molecule has 0 aliphatic rings. The molecule has 2 aromatic heterocycles. The summed E-state index contributed by atoms with van der Waals surface area (Å²) in [4.78, 5) is 31.5. The third kappa shape index (κ3) is 4.94. The molecule has 2 heterocycles. The lowest BCUT2D eigenvalue weighted by Gasteiger charge is -2.10. The number of rotatable bonds is 8. The Labute approximate surface area is 176 Å². The van der Waals surface area contributed by atoms with Gasteiger partial charge in [-0.05, 0) is 43.5 Å². The smallest absolute Gasteiger partial charge is 0.263 e. The molecule has 8 heteroatoms. The number of carbonyl (C=O) groups excluding carboxylic acids is 1. The van der Waals surface area contributed by atoms with Gasteiger partial charge in [0.2, 0.25) is 5.91 Å². The second-order valence-electron chi connectivity index (χ2n) is 6.58. The second-order valence-corrected chi connectivity index (χ2v) is 8.72. The van der Waals surface area contributed by atoms with Crippen LogP contribution in [0.4, 0.5) is 4.39 Å². The van der Waals surface area contributed by atoms with Crippen LogP contribution in [0.5, 0.6) is 0 Å². The number of aromatic nitrogens is 2. The Morgan fingerprint density at radius 3 is 2.76 bits per heavy atom. The molecule has 1 amide bonds. The Morgan fingerprint density at radius 1 is 1.34 bits per heavy atom. The topological polar surface area (TPSA) is 64.0 Å². The first-order chi connectivity index (χ1) is 13.9. The fraction of sp³-hybridized carbons (Fsp3) is 0.286. The number of benzene rings is 1. The third-order valence-corrected chi connectivity index (χ3v) is 6.62. The van der Waals surface area contributed by atoms with Gasteiger partial charge in [-0.25, -0.2) is 9.37 Å². The maximum atomic E-state index is 12.9. The van der Waals surface area contributed by atoms with Crippen molar-refractivity contribution in [2.75, 3.05) is 12.3 Å². The van der Waals surface area contributed by atoms with E-state index in [-0.39, 0.29) is 23.0 Å². The number of fused-ring (bicyclic) bond motifs is 1. The van der Waals surface area contributed by atoms with E-state index in [2.05, 4.69) is 16.9 Å². The van der Waals surface area contributed by atoms with Crippen LogP contribution in [0.25, 0.3) is 10.2 Å². The van der Waals surface area contributed by atoms with Gasteiger partial charge in [0.05, 0.1) is 11.1 Å². The van der Waals surface area contributed by atoms with E-state index in [0.29, 0.717) is 34.9 Å². The fourth-order valence-corrected chi connectivity index (χ4v) is 4.80. The molecule has 1 aromatic carbocycles. The molecular formula is C21H22FN3O2S2. The number of allylic oxidation sites excluding steroid dienone is 1. The van der Waals surface area contributed by atoms with Crippen LogP contribution in [-0.2, 0) is 17.8 Å². The summed E-state index contributed by atoms with van der Waals surface area (Å²) >= 11 is 2.73. The maximum Gasteiger partial charge on any atom is 0.263 e. The van der Waals surface area contributed by atoms with E-state index in [0.717, 1.165) is 16.0 Å². The van der Waals surface area contributed by atoms with Crippen LogP contribution < -0.4 is 10.9 Å². The molecule has 3 rings (SSSR count). The number of thioether (sulfide) groups is 1. The number of halogens is 1. The minimum atomic E-state index is -0.277. The minimum absolute atomic E-state index is 0.101. The lowest BCUT2D eigenvalue weighted by molar-refractivity contribution is -0.118. The second kappa shape index (κ2) is 9.37. The first kappa shape index (κ1) is 21.3. The van der Waals surface area contributed by atoms with Gasteiger partial charge in [-0.3, -0.25) is 14.2 Å². The zero-order valence-corrected chi connectivity index (χ0v) is 18.0. The molecular weight excluding hydrogens is 409 g/mol. The molecule has 0 aliphatic heterocycles. The maximum absolute atomic E-state index is 12.9. The van der Waals surface area contributed by atoms with E-state index in [9.17, 15) is 14.0 Å². The molecule has 5 nitrogen and oxygen atoms in total. The highest BCUT2D eigenvalue weighted by Crippen LogP contribution is 2.28. The first-order valence-corrected chi connectivity index (χ1v) is 11.0. The zero-order chi connectivity index (χ0) is 21.0. The van der Waals surface area contributed by atoms with Crippen molar-refractivity contribution in [3.63, 3.8) is 0 Å². The number of amides is 1. The van der Waals surface area contributed by atoms with Crippen LogP contribution in [-0.4, -0.2) is 27.8 Å². The van der Waals surface area contributed by atoms with Crippen LogP contribution in [0.15, 0.2) is 46.9 Å². The van der Waals surface area contributed by atoms with E-state index in [4.69, 9.17) is 0 Å². The SMILES string of the molecule is C=CCn1c(SCC(=O)NCCc2ccc(F)cc2)nc2sc(C)c(C)c2c1=O. The lowest BCUT2D eigenvalue weighted by Crippen LogP contribution is -2.28. The number of hydrogen-bond acceptors (Lipinski definition) is 5. The summed E-state index contributed by atoms with van der Waals surface area (Å²) in [5.41, 5.74) is 1.81. The molecule has 0 saturated carbocycles. The first-order valence-electron chi connectivity index (χ1n) is 9.16. The van der Waals surface area contributed by atoms with Crippen molar-refractivity contribution in [1.82, 2.24) is 14.9 Å². The molecule has 29 heavy (non-hydrogen) atoms. The molecule has 0 aliphatic carbocycles. The number of nitrogens with zero attached hydrogens (tertiary/aromatic N) is 2. The van der Waals surface area contributed by atoms with Gasteiger partial charge in [0.15, 0.2) is 5.16 Å². The van der Waals surface area contributed by atoms with Gasteiger partial charge in [0, 0.05) is 18.0 Å². The third-order valence-electron chi connectivity index (χ3n) is 4.55. The van der Waals surface area contributed by atoms with Crippen molar-refractivity contribution in [2.24, 2.45) is 0 Å².